The number of hydrogen-bond acceptors (Lipinski definition) is 3. The van der Waals surface area contributed by atoms with Gasteiger partial charge < -0.3 is 0 Å². The Morgan fingerprint density at radius 3 is 2.73 bits per heavy atom. The second-order valence-corrected chi connectivity index (χ2v) is 4.26. The molecule has 0 saturated carbocycles. The Morgan fingerprint density at radius 2 is 2.20 bits per heavy atom. The summed E-state index contributed by atoms with van der Waals surface area (Å²) < 4.78 is 2.78. The van der Waals surface area contributed by atoms with Gasteiger partial charge in [-0.1, -0.05) is 0 Å². The zero-order chi connectivity index (χ0) is 10.8. The molecule has 0 amide bonds. The first kappa shape index (κ1) is 10.3. The van der Waals surface area contributed by atoms with E-state index >= 15 is 0 Å². The van der Waals surface area contributed by atoms with E-state index in [-0.39, 0.29) is 0 Å². The number of rotatable bonds is 2. The van der Waals surface area contributed by atoms with Gasteiger partial charge in [0.1, 0.15) is 11.6 Å². The first-order valence-electron chi connectivity index (χ1n) is 4.62. The van der Waals surface area contributed by atoms with Gasteiger partial charge in [-0.2, -0.15) is 5.10 Å². The molecule has 78 valence electrons. The zero-order valence-electron chi connectivity index (χ0n) is 8.61. The molecule has 5 heteroatoms. The number of hydrogen-bond donors (Lipinski definition) is 0. The molecular weight excluding hydrogens is 256 g/mol. The normalized spacial score (nSPS) is 10.6. The van der Waals surface area contributed by atoms with E-state index in [1.165, 1.54) is 0 Å². The Morgan fingerprint density at radius 1 is 1.40 bits per heavy atom. The van der Waals surface area contributed by atoms with Crippen LogP contribution in [0.2, 0.25) is 0 Å². The molecule has 0 atom stereocenters. The fourth-order valence-corrected chi connectivity index (χ4v) is 1.62. The van der Waals surface area contributed by atoms with Gasteiger partial charge >= 0.3 is 0 Å². The average molecular weight is 267 g/mol. The maximum absolute atomic E-state index is 4.33. The highest BCUT2D eigenvalue weighted by Gasteiger charge is 2.05. The van der Waals surface area contributed by atoms with Crippen molar-refractivity contribution in [2.24, 2.45) is 7.05 Å². The molecule has 0 spiro atoms. The van der Waals surface area contributed by atoms with Gasteiger partial charge in [0, 0.05) is 29.8 Å². The van der Waals surface area contributed by atoms with Crippen molar-refractivity contribution in [1.29, 1.82) is 0 Å². The summed E-state index contributed by atoms with van der Waals surface area (Å²) in [6, 6.07) is 3.96. The molecule has 0 N–H and O–H groups in total. The van der Waals surface area contributed by atoms with E-state index < -0.39 is 0 Å². The quantitative estimate of drug-likeness (QED) is 0.834. The Labute approximate surface area is 96.5 Å². The van der Waals surface area contributed by atoms with E-state index in [1.807, 2.05) is 26.1 Å². The lowest BCUT2D eigenvalue weighted by Crippen LogP contribution is -2.01. The number of pyridine rings is 1. The Balaban J connectivity index is 2.21. The molecule has 0 unspecified atom stereocenters. The van der Waals surface area contributed by atoms with Crippen molar-refractivity contribution in [2.75, 3.05) is 0 Å². The molecule has 0 radical (unpaired) electrons. The SMILES string of the molecule is Cc1nc(Cc2ccc(Br)cn2)n(C)n1. The van der Waals surface area contributed by atoms with Crippen LogP contribution in [0.4, 0.5) is 0 Å². The molecule has 0 saturated heterocycles. The van der Waals surface area contributed by atoms with Crippen molar-refractivity contribution in [2.45, 2.75) is 13.3 Å². The fraction of sp³-hybridized carbons (Fsp3) is 0.300. The van der Waals surface area contributed by atoms with E-state index in [0.717, 1.165) is 21.8 Å². The van der Waals surface area contributed by atoms with Gasteiger partial charge in [-0.25, -0.2) is 4.98 Å². The minimum absolute atomic E-state index is 0.713. The molecule has 0 bridgehead atoms. The van der Waals surface area contributed by atoms with Gasteiger partial charge in [0.05, 0.1) is 0 Å². The van der Waals surface area contributed by atoms with Crippen molar-refractivity contribution in [1.82, 2.24) is 19.7 Å². The van der Waals surface area contributed by atoms with E-state index in [4.69, 9.17) is 0 Å². The van der Waals surface area contributed by atoms with Crippen molar-refractivity contribution in [3.8, 4) is 0 Å². The molecule has 15 heavy (non-hydrogen) atoms. The molecule has 2 heterocycles. The molecule has 2 aromatic rings. The summed E-state index contributed by atoms with van der Waals surface area (Å²) in [6.45, 7) is 1.89. The number of aryl methyl sites for hydroxylation is 2. The van der Waals surface area contributed by atoms with Gasteiger partial charge in [0.2, 0.25) is 0 Å². The van der Waals surface area contributed by atoms with Crippen LogP contribution in [0.1, 0.15) is 17.3 Å². The summed E-state index contributed by atoms with van der Waals surface area (Å²) in [7, 11) is 1.90. The predicted octanol–water partition coefficient (Wildman–Crippen LogP) is 1.87. The summed E-state index contributed by atoms with van der Waals surface area (Å²) in [5.74, 6) is 1.73. The first-order valence-corrected chi connectivity index (χ1v) is 5.41. The molecular formula is C10H11BrN4. The topological polar surface area (TPSA) is 43.6 Å². The summed E-state index contributed by atoms with van der Waals surface area (Å²) in [5, 5.41) is 4.19. The molecule has 0 aliphatic carbocycles. The molecule has 2 aromatic heterocycles. The van der Waals surface area contributed by atoms with E-state index in [1.54, 1.807) is 10.9 Å². The van der Waals surface area contributed by atoms with Crippen molar-refractivity contribution < 1.29 is 0 Å². The highest BCUT2D eigenvalue weighted by Crippen LogP contribution is 2.10. The van der Waals surface area contributed by atoms with Crippen molar-refractivity contribution in [3.05, 3.63) is 40.1 Å². The predicted molar refractivity (Wildman–Crippen MR) is 60.5 cm³/mol. The number of aromatic nitrogens is 4. The molecule has 0 aliphatic heterocycles. The van der Waals surface area contributed by atoms with Gasteiger partial charge in [0.15, 0.2) is 0 Å². The van der Waals surface area contributed by atoms with Crippen LogP contribution in [-0.4, -0.2) is 19.7 Å². The summed E-state index contributed by atoms with van der Waals surface area (Å²) in [5.41, 5.74) is 0.994. The smallest absolute Gasteiger partial charge is 0.147 e. The summed E-state index contributed by atoms with van der Waals surface area (Å²) >= 11 is 3.35. The van der Waals surface area contributed by atoms with E-state index in [9.17, 15) is 0 Å². The third-order valence-electron chi connectivity index (χ3n) is 2.09. The first-order chi connectivity index (χ1) is 7.15. The second-order valence-electron chi connectivity index (χ2n) is 3.34. The Kier molecular flexibility index (Phi) is 2.81. The summed E-state index contributed by atoms with van der Waals surface area (Å²) in [6.07, 6.45) is 2.50. The maximum atomic E-state index is 4.33. The lowest BCUT2D eigenvalue weighted by atomic mass is 10.2. The van der Waals surface area contributed by atoms with Gasteiger partial charge in [-0.05, 0) is 35.0 Å². The largest absolute Gasteiger partial charge is 0.260 e. The molecule has 0 fully saturated rings. The standard InChI is InChI=1S/C10H11BrN4/c1-7-13-10(15(2)14-7)5-9-4-3-8(11)6-12-9/h3-4,6H,5H2,1-2H3. The van der Waals surface area contributed by atoms with Gasteiger partial charge in [-0.15, -0.1) is 0 Å². The second kappa shape index (κ2) is 4.10. The Hall–Kier alpha value is -1.23. The third kappa shape index (κ3) is 2.41. The zero-order valence-corrected chi connectivity index (χ0v) is 10.2. The van der Waals surface area contributed by atoms with Crippen LogP contribution in [-0.2, 0) is 13.5 Å². The minimum Gasteiger partial charge on any atom is -0.260 e. The molecule has 2 rings (SSSR count). The minimum atomic E-state index is 0.713. The highest BCUT2D eigenvalue weighted by atomic mass is 79.9. The van der Waals surface area contributed by atoms with Crippen LogP contribution >= 0.6 is 15.9 Å². The van der Waals surface area contributed by atoms with Gasteiger partial charge in [0.25, 0.3) is 0 Å². The molecule has 0 aromatic carbocycles. The van der Waals surface area contributed by atoms with Crippen molar-refractivity contribution >= 4 is 15.9 Å². The van der Waals surface area contributed by atoms with Crippen LogP contribution in [0.5, 0.6) is 0 Å². The lowest BCUT2D eigenvalue weighted by molar-refractivity contribution is 0.708. The van der Waals surface area contributed by atoms with E-state index in [0.29, 0.717) is 6.42 Å². The van der Waals surface area contributed by atoms with Crippen LogP contribution in [0.15, 0.2) is 22.8 Å². The Bertz CT molecular complexity index is 461. The van der Waals surface area contributed by atoms with Crippen molar-refractivity contribution in [3.63, 3.8) is 0 Å². The average Bonchev–Trinajstić information content (AvgIpc) is 2.49. The highest BCUT2D eigenvalue weighted by molar-refractivity contribution is 9.10. The maximum Gasteiger partial charge on any atom is 0.147 e. The third-order valence-corrected chi connectivity index (χ3v) is 2.56. The number of nitrogens with zero attached hydrogens (tertiary/aromatic N) is 4. The van der Waals surface area contributed by atoms with Crippen LogP contribution in [0.3, 0.4) is 0 Å². The summed E-state index contributed by atoms with van der Waals surface area (Å²) in [4.78, 5) is 8.62. The lowest BCUT2D eigenvalue weighted by Gasteiger charge is -1.99. The molecule has 4 nitrogen and oxygen atoms in total. The monoisotopic (exact) mass is 266 g/mol. The molecule has 0 aliphatic rings. The van der Waals surface area contributed by atoms with Crippen LogP contribution in [0.25, 0.3) is 0 Å². The van der Waals surface area contributed by atoms with Crippen LogP contribution < -0.4 is 0 Å². The number of halogens is 1. The fourth-order valence-electron chi connectivity index (χ4n) is 1.38. The van der Waals surface area contributed by atoms with E-state index in [2.05, 4.69) is 31.0 Å². The van der Waals surface area contributed by atoms with Gasteiger partial charge in [-0.3, -0.25) is 9.67 Å². The van der Waals surface area contributed by atoms with Crippen LogP contribution in [0, 0.1) is 6.92 Å².